The molecule has 98 valence electrons. The van der Waals surface area contributed by atoms with E-state index in [-0.39, 0.29) is 5.41 Å². The summed E-state index contributed by atoms with van der Waals surface area (Å²) >= 11 is 3.72. The van der Waals surface area contributed by atoms with Crippen LogP contribution < -0.4 is 4.74 Å². The van der Waals surface area contributed by atoms with Crippen LogP contribution in [0, 0.1) is 5.41 Å². The first kappa shape index (κ1) is 12.5. The van der Waals surface area contributed by atoms with Crippen molar-refractivity contribution < 1.29 is 4.74 Å². The molecule has 0 N–H and O–H groups in total. The van der Waals surface area contributed by atoms with E-state index in [0.29, 0.717) is 10.9 Å². The molecule has 1 aromatic carbocycles. The molecule has 3 rings (SSSR count). The zero-order valence-corrected chi connectivity index (χ0v) is 12.8. The monoisotopic (exact) mass is 308 g/mol. The molecule has 0 aromatic heterocycles. The number of fused-ring (bicyclic) bond motifs is 1. The zero-order valence-electron chi connectivity index (χ0n) is 11.2. The van der Waals surface area contributed by atoms with Gasteiger partial charge in [0.05, 0.1) is 0 Å². The van der Waals surface area contributed by atoms with Gasteiger partial charge in [0.2, 0.25) is 0 Å². The molecule has 2 aliphatic carbocycles. The molecular weight excluding hydrogens is 288 g/mol. The third-order valence-electron chi connectivity index (χ3n) is 4.66. The molecule has 0 radical (unpaired) electrons. The summed E-state index contributed by atoms with van der Waals surface area (Å²) in [7, 11) is 0. The van der Waals surface area contributed by atoms with Gasteiger partial charge in [-0.05, 0) is 55.4 Å². The van der Waals surface area contributed by atoms with Crippen molar-refractivity contribution in [3.05, 3.63) is 29.3 Å². The maximum atomic E-state index is 6.17. The van der Waals surface area contributed by atoms with Gasteiger partial charge in [-0.2, -0.15) is 0 Å². The number of ether oxygens (including phenoxy) is 1. The highest BCUT2D eigenvalue weighted by Gasteiger charge is 2.48. The second-order valence-corrected chi connectivity index (χ2v) is 7.37. The quantitative estimate of drug-likeness (QED) is 0.731. The summed E-state index contributed by atoms with van der Waals surface area (Å²) in [5.74, 6) is 1.06. The van der Waals surface area contributed by atoms with Crippen molar-refractivity contribution in [2.24, 2.45) is 5.41 Å². The Bertz CT molecular complexity index is 452. The van der Waals surface area contributed by atoms with Crippen molar-refractivity contribution in [1.29, 1.82) is 0 Å². The van der Waals surface area contributed by atoms with E-state index in [1.807, 2.05) is 0 Å². The zero-order chi connectivity index (χ0) is 12.8. The Morgan fingerprint density at radius 2 is 1.89 bits per heavy atom. The van der Waals surface area contributed by atoms with Gasteiger partial charge in [0.1, 0.15) is 11.9 Å². The number of benzene rings is 1. The van der Waals surface area contributed by atoms with E-state index in [9.17, 15) is 0 Å². The first-order valence-electron chi connectivity index (χ1n) is 7.00. The molecule has 0 spiro atoms. The molecule has 0 saturated heterocycles. The molecule has 1 saturated carbocycles. The summed E-state index contributed by atoms with van der Waals surface area (Å²) in [6, 6.07) is 6.69. The fourth-order valence-electron chi connectivity index (χ4n) is 2.98. The molecule has 0 heterocycles. The van der Waals surface area contributed by atoms with E-state index in [4.69, 9.17) is 4.74 Å². The van der Waals surface area contributed by atoms with Crippen LogP contribution >= 0.6 is 15.9 Å². The second-order valence-electron chi connectivity index (χ2n) is 6.27. The highest BCUT2D eigenvalue weighted by molar-refractivity contribution is 9.09. The van der Waals surface area contributed by atoms with Crippen LogP contribution in [-0.4, -0.2) is 10.9 Å². The van der Waals surface area contributed by atoms with E-state index < -0.39 is 0 Å². The van der Waals surface area contributed by atoms with Crippen LogP contribution in [0.3, 0.4) is 0 Å². The molecule has 1 aromatic rings. The number of hydrogen-bond acceptors (Lipinski definition) is 1. The van der Waals surface area contributed by atoms with Crippen LogP contribution in [-0.2, 0) is 12.8 Å². The minimum absolute atomic E-state index is 0.246. The van der Waals surface area contributed by atoms with Crippen LogP contribution in [0.4, 0.5) is 0 Å². The summed E-state index contributed by atoms with van der Waals surface area (Å²) < 4.78 is 6.17. The molecule has 18 heavy (non-hydrogen) atoms. The minimum atomic E-state index is 0.246. The Kier molecular flexibility index (Phi) is 3.17. The number of halogens is 1. The lowest BCUT2D eigenvalue weighted by atomic mass is 9.69. The van der Waals surface area contributed by atoms with Gasteiger partial charge in [-0.3, -0.25) is 0 Å². The van der Waals surface area contributed by atoms with Crippen LogP contribution in [0.25, 0.3) is 0 Å². The van der Waals surface area contributed by atoms with Crippen molar-refractivity contribution in [2.75, 3.05) is 0 Å². The molecule has 0 amide bonds. The predicted octanol–water partition coefficient (Wildman–Crippen LogP) is 4.51. The first-order chi connectivity index (χ1) is 8.57. The van der Waals surface area contributed by atoms with Crippen LogP contribution in [0.5, 0.6) is 5.75 Å². The smallest absolute Gasteiger partial charge is 0.120 e. The van der Waals surface area contributed by atoms with Crippen molar-refractivity contribution >= 4 is 15.9 Å². The highest BCUT2D eigenvalue weighted by atomic mass is 79.9. The summed E-state index contributed by atoms with van der Waals surface area (Å²) in [4.78, 5) is 0.590. The summed E-state index contributed by atoms with van der Waals surface area (Å²) in [5, 5.41) is 0. The van der Waals surface area contributed by atoms with Gasteiger partial charge >= 0.3 is 0 Å². The van der Waals surface area contributed by atoms with Crippen molar-refractivity contribution in [3.8, 4) is 5.75 Å². The van der Waals surface area contributed by atoms with Crippen molar-refractivity contribution in [2.45, 2.75) is 56.9 Å². The number of aryl methyl sites for hydroxylation is 2. The lowest BCUT2D eigenvalue weighted by Crippen LogP contribution is -2.53. The van der Waals surface area contributed by atoms with Crippen LogP contribution in [0.1, 0.15) is 44.2 Å². The Labute approximate surface area is 118 Å². The summed E-state index contributed by atoms with van der Waals surface area (Å²) in [5.41, 5.74) is 3.28. The third-order valence-corrected chi connectivity index (χ3v) is 6.21. The van der Waals surface area contributed by atoms with Crippen molar-refractivity contribution in [3.63, 3.8) is 0 Å². The van der Waals surface area contributed by atoms with E-state index in [2.05, 4.69) is 48.0 Å². The topological polar surface area (TPSA) is 9.23 Å². The number of hydrogen-bond donors (Lipinski definition) is 0. The van der Waals surface area contributed by atoms with Gasteiger partial charge < -0.3 is 4.74 Å². The van der Waals surface area contributed by atoms with Crippen LogP contribution in [0.15, 0.2) is 18.2 Å². The number of alkyl halides is 1. The van der Waals surface area contributed by atoms with E-state index >= 15 is 0 Å². The van der Waals surface area contributed by atoms with Gasteiger partial charge in [0.25, 0.3) is 0 Å². The van der Waals surface area contributed by atoms with Crippen molar-refractivity contribution in [1.82, 2.24) is 0 Å². The van der Waals surface area contributed by atoms with Crippen LogP contribution in [0.2, 0.25) is 0 Å². The largest absolute Gasteiger partial charge is 0.490 e. The van der Waals surface area contributed by atoms with Gasteiger partial charge in [-0.25, -0.2) is 0 Å². The molecule has 1 fully saturated rings. The third kappa shape index (κ3) is 2.09. The average molecular weight is 309 g/mol. The summed E-state index contributed by atoms with van der Waals surface area (Å²) in [6.07, 6.45) is 6.60. The lowest BCUT2D eigenvalue weighted by Gasteiger charge is -2.48. The minimum Gasteiger partial charge on any atom is -0.490 e. The SMILES string of the molecule is CC1(C)C(Br)CC1Oc1ccc2c(c1)CCCC2. The summed E-state index contributed by atoms with van der Waals surface area (Å²) in [6.45, 7) is 4.55. The second kappa shape index (κ2) is 4.56. The van der Waals surface area contributed by atoms with Gasteiger partial charge in [-0.1, -0.05) is 35.8 Å². The normalized spacial score (nSPS) is 29.3. The van der Waals surface area contributed by atoms with E-state index in [1.165, 1.54) is 36.8 Å². The first-order valence-corrected chi connectivity index (χ1v) is 7.91. The fourth-order valence-corrected chi connectivity index (χ4v) is 3.62. The highest BCUT2D eigenvalue weighted by Crippen LogP contribution is 2.47. The van der Waals surface area contributed by atoms with Gasteiger partial charge in [-0.15, -0.1) is 0 Å². The molecular formula is C16H21BrO. The van der Waals surface area contributed by atoms with Gasteiger partial charge in [0.15, 0.2) is 0 Å². The van der Waals surface area contributed by atoms with E-state index in [1.54, 1.807) is 0 Å². The Balaban J connectivity index is 1.74. The predicted molar refractivity (Wildman–Crippen MR) is 78.6 cm³/mol. The lowest BCUT2D eigenvalue weighted by molar-refractivity contribution is -0.00785. The maximum absolute atomic E-state index is 6.17. The molecule has 2 heteroatoms. The standard InChI is InChI=1S/C16H21BrO/c1-16(2)14(17)10-15(16)18-13-8-7-11-5-3-4-6-12(11)9-13/h7-9,14-15H,3-6,10H2,1-2H3. The Hall–Kier alpha value is -0.500. The average Bonchev–Trinajstić information content (AvgIpc) is 2.38. The van der Waals surface area contributed by atoms with Gasteiger partial charge in [0, 0.05) is 10.2 Å². The molecule has 0 bridgehead atoms. The Morgan fingerprint density at radius 1 is 1.17 bits per heavy atom. The Morgan fingerprint density at radius 3 is 2.56 bits per heavy atom. The fraction of sp³-hybridized carbons (Fsp3) is 0.625. The number of rotatable bonds is 2. The molecule has 2 atom stereocenters. The molecule has 2 unspecified atom stereocenters. The van der Waals surface area contributed by atoms with E-state index in [0.717, 1.165) is 12.2 Å². The maximum Gasteiger partial charge on any atom is 0.120 e. The molecule has 2 aliphatic rings. The molecule has 1 nitrogen and oxygen atoms in total. The molecule has 0 aliphatic heterocycles.